The number of fused-ring (bicyclic) bond motifs is 1. The van der Waals surface area contributed by atoms with Crippen molar-refractivity contribution in [3.8, 4) is 5.75 Å². The average molecular weight is 271 g/mol. The molecule has 2 rings (SSSR count). The number of aliphatic hydroxyl groups excluding tert-OH is 1. The van der Waals surface area contributed by atoms with Gasteiger partial charge in [-0.25, -0.2) is 4.79 Å². The average Bonchev–Trinajstić information content (AvgIpc) is 2.38. The smallest absolute Gasteiger partial charge is 0.327 e. The van der Waals surface area contributed by atoms with Crippen molar-refractivity contribution in [1.82, 2.24) is 0 Å². The number of carbonyl (C=O) groups is 1. The van der Waals surface area contributed by atoms with Gasteiger partial charge >= 0.3 is 5.97 Å². The van der Waals surface area contributed by atoms with Crippen LogP contribution in [0.15, 0.2) is 17.0 Å². The van der Waals surface area contributed by atoms with Gasteiger partial charge in [0.05, 0.1) is 5.69 Å². The summed E-state index contributed by atoms with van der Waals surface area (Å²) in [6.07, 6.45) is -0.713. The van der Waals surface area contributed by atoms with Crippen molar-refractivity contribution in [3.05, 3.63) is 17.7 Å². The summed E-state index contributed by atoms with van der Waals surface area (Å²) < 4.78 is 0. The van der Waals surface area contributed by atoms with Gasteiger partial charge in [0.25, 0.3) is 0 Å². The number of nitrogens with one attached hydrogen (secondary N) is 1. The molecule has 0 aliphatic carbocycles. The number of phenolic OH excluding ortho intramolecular Hbond substituents is 1. The first kappa shape index (κ1) is 13.0. The van der Waals surface area contributed by atoms with E-state index in [9.17, 15) is 15.0 Å². The third-order valence-corrected chi connectivity index (χ3v) is 4.04. The highest BCUT2D eigenvalue weighted by Crippen LogP contribution is 2.43. The quantitative estimate of drug-likeness (QED) is 0.479. The molecule has 98 valence electrons. The normalized spacial score (nSPS) is 19.8. The number of rotatable bonds is 3. The summed E-state index contributed by atoms with van der Waals surface area (Å²) in [5, 5.41) is 31.4. The summed E-state index contributed by atoms with van der Waals surface area (Å²) in [6.45, 7) is 0.320. The molecule has 1 aromatic rings. The standard InChI is InChI=1S/C11H14N2O4S/c12-3-8(15)5-1-2-7(14)9-10(5)18-4-6(13-9)11(16)17/h1-2,6,8,13-15H,3-4,12H2,(H,16,17)/p+1. The molecule has 1 aromatic carbocycles. The second-order valence-electron chi connectivity index (χ2n) is 4.03. The molecule has 1 heterocycles. The lowest BCUT2D eigenvalue weighted by molar-refractivity contribution is -0.385. The molecule has 1 aliphatic rings. The van der Waals surface area contributed by atoms with Crippen molar-refractivity contribution < 1.29 is 25.8 Å². The Morgan fingerprint density at radius 2 is 2.33 bits per heavy atom. The molecule has 1 aliphatic heterocycles. The summed E-state index contributed by atoms with van der Waals surface area (Å²) in [5.41, 5.74) is 4.68. The van der Waals surface area contributed by atoms with Crippen molar-refractivity contribution in [2.24, 2.45) is 0 Å². The summed E-state index contributed by atoms with van der Waals surface area (Å²) in [7, 11) is 0. The van der Waals surface area contributed by atoms with Crippen LogP contribution in [0.4, 0.5) is 5.69 Å². The van der Waals surface area contributed by atoms with Gasteiger partial charge in [0, 0.05) is 16.2 Å². The molecule has 6 nitrogen and oxygen atoms in total. The predicted molar refractivity (Wildman–Crippen MR) is 66.6 cm³/mol. The van der Waals surface area contributed by atoms with E-state index >= 15 is 0 Å². The van der Waals surface area contributed by atoms with E-state index in [0.29, 0.717) is 28.4 Å². The van der Waals surface area contributed by atoms with Gasteiger partial charge in [-0.15, -0.1) is 11.8 Å². The van der Waals surface area contributed by atoms with Crippen molar-refractivity contribution in [2.45, 2.75) is 17.0 Å². The van der Waals surface area contributed by atoms with Crippen LogP contribution in [0.25, 0.3) is 0 Å². The van der Waals surface area contributed by atoms with Gasteiger partial charge in [-0.2, -0.15) is 0 Å². The highest BCUT2D eigenvalue weighted by Gasteiger charge is 2.29. The molecule has 18 heavy (non-hydrogen) atoms. The maximum Gasteiger partial charge on any atom is 0.327 e. The number of anilines is 1. The molecule has 2 atom stereocenters. The highest BCUT2D eigenvalue weighted by molar-refractivity contribution is 7.99. The number of thioether (sulfide) groups is 1. The number of carboxylic acid groups (broad SMARTS) is 1. The fraction of sp³-hybridized carbons (Fsp3) is 0.364. The van der Waals surface area contributed by atoms with Crippen LogP contribution < -0.4 is 11.1 Å². The molecule has 0 saturated carbocycles. The van der Waals surface area contributed by atoms with Gasteiger partial charge in [-0.3, -0.25) is 0 Å². The van der Waals surface area contributed by atoms with Crippen LogP contribution in [0.1, 0.15) is 11.7 Å². The fourth-order valence-corrected chi connectivity index (χ4v) is 3.05. The topological polar surface area (TPSA) is 117 Å². The van der Waals surface area contributed by atoms with Crippen molar-refractivity contribution in [1.29, 1.82) is 0 Å². The molecule has 7 heteroatoms. The number of carboxylic acids is 1. The van der Waals surface area contributed by atoms with Gasteiger partial charge in [-0.1, -0.05) is 6.07 Å². The number of aliphatic hydroxyl groups is 1. The lowest BCUT2D eigenvalue weighted by atomic mass is 10.1. The first-order chi connectivity index (χ1) is 8.54. The maximum atomic E-state index is 10.9. The second-order valence-corrected chi connectivity index (χ2v) is 5.06. The molecule has 0 bridgehead atoms. The Kier molecular flexibility index (Phi) is 3.65. The molecule has 0 spiro atoms. The number of aliphatic carboxylic acids is 1. The Morgan fingerprint density at radius 1 is 1.61 bits per heavy atom. The molecule has 0 aromatic heterocycles. The Balaban J connectivity index is 2.42. The predicted octanol–water partition coefficient (Wildman–Crippen LogP) is -0.362. The maximum absolute atomic E-state index is 10.9. The third-order valence-electron chi connectivity index (χ3n) is 2.81. The molecule has 0 fully saturated rings. The zero-order valence-corrected chi connectivity index (χ0v) is 10.4. The summed E-state index contributed by atoms with van der Waals surface area (Å²) in [4.78, 5) is 11.6. The Morgan fingerprint density at radius 3 is 2.94 bits per heavy atom. The fourth-order valence-electron chi connectivity index (χ4n) is 1.82. The lowest BCUT2D eigenvalue weighted by Gasteiger charge is -2.27. The third kappa shape index (κ3) is 2.24. The number of aromatic hydroxyl groups is 1. The van der Waals surface area contributed by atoms with Crippen molar-refractivity contribution in [3.63, 3.8) is 0 Å². The zero-order valence-electron chi connectivity index (χ0n) is 9.59. The van der Waals surface area contributed by atoms with E-state index < -0.39 is 18.1 Å². The van der Waals surface area contributed by atoms with E-state index in [4.69, 9.17) is 5.11 Å². The van der Waals surface area contributed by atoms with Gasteiger partial charge in [0.1, 0.15) is 24.4 Å². The first-order valence-electron chi connectivity index (χ1n) is 5.50. The van der Waals surface area contributed by atoms with Crippen molar-refractivity contribution in [2.75, 3.05) is 17.6 Å². The van der Waals surface area contributed by atoms with Gasteiger partial charge < -0.3 is 26.4 Å². The summed E-state index contributed by atoms with van der Waals surface area (Å²) in [6, 6.07) is 2.35. The molecule has 0 radical (unpaired) electrons. The number of phenols is 1. The molecular weight excluding hydrogens is 256 g/mol. The molecule has 2 unspecified atom stereocenters. The molecule has 0 saturated heterocycles. The first-order valence-corrected chi connectivity index (χ1v) is 6.48. The van der Waals surface area contributed by atoms with E-state index in [1.165, 1.54) is 17.8 Å². The highest BCUT2D eigenvalue weighted by atomic mass is 32.2. The summed E-state index contributed by atoms with van der Waals surface area (Å²) >= 11 is 1.32. The van der Waals surface area contributed by atoms with Gasteiger partial charge in [0.15, 0.2) is 0 Å². The van der Waals surface area contributed by atoms with Crippen LogP contribution in [-0.2, 0) is 4.79 Å². The zero-order chi connectivity index (χ0) is 13.3. The van der Waals surface area contributed by atoms with E-state index in [1.807, 2.05) is 0 Å². The minimum atomic E-state index is -0.962. The summed E-state index contributed by atoms with van der Waals surface area (Å²) in [5.74, 6) is -0.623. The lowest BCUT2D eigenvalue weighted by Crippen LogP contribution is -2.53. The Hall–Kier alpha value is -1.44. The van der Waals surface area contributed by atoms with E-state index in [-0.39, 0.29) is 5.75 Å². The molecular formula is C11H15N2O4S+. The van der Waals surface area contributed by atoms with Crippen LogP contribution in [0.3, 0.4) is 0 Å². The molecule has 7 N–H and O–H groups in total. The van der Waals surface area contributed by atoms with Crippen LogP contribution in [-0.4, -0.2) is 39.6 Å². The Bertz CT molecular complexity index is 480. The minimum Gasteiger partial charge on any atom is -0.506 e. The van der Waals surface area contributed by atoms with E-state index in [2.05, 4.69) is 11.1 Å². The van der Waals surface area contributed by atoms with Crippen LogP contribution in [0, 0.1) is 0 Å². The Labute approximate surface area is 108 Å². The minimum absolute atomic E-state index is 0.0107. The molecule has 0 amide bonds. The van der Waals surface area contributed by atoms with Crippen LogP contribution >= 0.6 is 11.8 Å². The number of quaternary nitrogens is 1. The number of benzene rings is 1. The largest absolute Gasteiger partial charge is 0.506 e. The van der Waals surface area contributed by atoms with E-state index in [0.717, 1.165) is 0 Å². The van der Waals surface area contributed by atoms with E-state index in [1.54, 1.807) is 6.07 Å². The SMILES string of the molecule is [NH3+]CC(O)c1ccc(O)c2c1SCC(C(=O)O)N2. The van der Waals surface area contributed by atoms with Gasteiger partial charge in [0.2, 0.25) is 0 Å². The van der Waals surface area contributed by atoms with Gasteiger partial charge in [-0.05, 0) is 6.07 Å². The number of hydrogen-bond acceptors (Lipinski definition) is 5. The monoisotopic (exact) mass is 271 g/mol. The number of hydrogen-bond donors (Lipinski definition) is 5. The van der Waals surface area contributed by atoms with Crippen LogP contribution in [0.5, 0.6) is 5.75 Å². The second kappa shape index (κ2) is 5.05. The van der Waals surface area contributed by atoms with Crippen molar-refractivity contribution >= 4 is 23.4 Å². The van der Waals surface area contributed by atoms with Crippen LogP contribution in [0.2, 0.25) is 0 Å².